The van der Waals surface area contributed by atoms with Gasteiger partial charge in [0, 0.05) is 38.7 Å². The van der Waals surface area contributed by atoms with E-state index in [0.29, 0.717) is 31.9 Å². The van der Waals surface area contributed by atoms with Gasteiger partial charge in [-0.15, -0.1) is 0 Å². The second kappa shape index (κ2) is 6.57. The first kappa shape index (κ1) is 18.6. The topological polar surface area (TPSA) is 86.8 Å². The minimum Gasteiger partial charge on any atom is -0.467 e. The summed E-state index contributed by atoms with van der Waals surface area (Å²) in [6, 6.07) is 1.87. The third kappa shape index (κ3) is 2.83. The zero-order valence-corrected chi connectivity index (χ0v) is 17.1. The Morgan fingerprint density at radius 3 is 2.87 bits per heavy atom. The highest BCUT2D eigenvalue weighted by atomic mass is 16.6. The number of carbonyl (C=O) groups excluding carboxylic acids is 1. The zero-order chi connectivity index (χ0) is 20.9. The van der Waals surface area contributed by atoms with Gasteiger partial charge in [0.1, 0.15) is 11.1 Å². The van der Waals surface area contributed by atoms with Crippen molar-refractivity contribution >= 4 is 11.4 Å². The molecule has 0 atom stereocenters. The second-order valence-electron chi connectivity index (χ2n) is 8.09. The van der Waals surface area contributed by atoms with E-state index in [1.54, 1.807) is 40.5 Å². The van der Waals surface area contributed by atoms with E-state index in [0.717, 1.165) is 16.8 Å². The van der Waals surface area contributed by atoms with Gasteiger partial charge in [0.15, 0.2) is 0 Å². The maximum Gasteiger partial charge on any atom is 0.298 e. The largest absolute Gasteiger partial charge is 0.467 e. The number of likely N-dealkylation sites (N-methyl/N-ethyl adjacent to an activating group) is 1. The summed E-state index contributed by atoms with van der Waals surface area (Å²) in [4.78, 5) is 18.8. The van der Waals surface area contributed by atoms with Crippen LogP contribution in [-0.2, 0) is 16.6 Å². The van der Waals surface area contributed by atoms with Crippen molar-refractivity contribution in [1.29, 1.82) is 0 Å². The third-order valence-electron chi connectivity index (χ3n) is 5.96. The summed E-state index contributed by atoms with van der Waals surface area (Å²) in [5.74, 6) is 5.58. The maximum atomic E-state index is 12.3. The lowest BCUT2D eigenvalue weighted by molar-refractivity contribution is -0.226. The molecule has 30 heavy (non-hydrogen) atoms. The Bertz CT molecular complexity index is 1190. The predicted molar refractivity (Wildman–Crippen MR) is 108 cm³/mol. The maximum absolute atomic E-state index is 12.3. The lowest BCUT2D eigenvalue weighted by Gasteiger charge is -2.61. The molecule has 2 bridgehead atoms. The molecule has 3 aromatic rings. The van der Waals surface area contributed by atoms with Crippen LogP contribution in [0.25, 0.3) is 16.8 Å². The Balaban J connectivity index is 1.45. The Morgan fingerprint density at radius 2 is 2.13 bits per heavy atom. The molecule has 5 heterocycles. The zero-order valence-electron chi connectivity index (χ0n) is 17.1. The van der Waals surface area contributed by atoms with Gasteiger partial charge in [0.2, 0.25) is 5.88 Å². The average Bonchev–Trinajstić information content (AvgIpc) is 3.36. The van der Waals surface area contributed by atoms with Gasteiger partial charge in [-0.25, -0.2) is 9.50 Å². The summed E-state index contributed by atoms with van der Waals surface area (Å²) in [7, 11) is 3.64. The van der Waals surface area contributed by atoms with E-state index in [1.165, 1.54) is 0 Å². The first-order valence-corrected chi connectivity index (χ1v) is 9.74. The fraction of sp³-hybridized carbons (Fsp3) is 0.429. The number of aryl methyl sites for hydroxylation is 1. The molecule has 1 saturated carbocycles. The van der Waals surface area contributed by atoms with Crippen LogP contribution in [0, 0.1) is 11.8 Å². The van der Waals surface area contributed by atoms with Crippen molar-refractivity contribution in [2.45, 2.75) is 30.9 Å². The summed E-state index contributed by atoms with van der Waals surface area (Å²) in [5, 5.41) is 8.58. The SMILES string of the molecule is CC#CC(=O)N(C)C12COCC(Oc3nc(-c4cnn(C)c4)cn4nccc34)(C1)C2. The third-order valence-corrected chi connectivity index (χ3v) is 5.96. The van der Waals surface area contributed by atoms with Crippen LogP contribution in [0.3, 0.4) is 0 Å². The summed E-state index contributed by atoms with van der Waals surface area (Å²) in [6.07, 6.45) is 8.57. The molecule has 1 aliphatic carbocycles. The molecular weight excluding hydrogens is 384 g/mol. The number of hydrogen-bond acceptors (Lipinski definition) is 6. The Kier molecular flexibility index (Phi) is 4.08. The van der Waals surface area contributed by atoms with Gasteiger partial charge in [-0.3, -0.25) is 9.48 Å². The minimum atomic E-state index is -0.530. The Hall–Kier alpha value is -3.38. The molecule has 3 aliphatic rings. The number of aromatic nitrogens is 5. The molecule has 3 aromatic heterocycles. The lowest BCUT2D eigenvalue weighted by Crippen LogP contribution is -2.74. The van der Waals surface area contributed by atoms with Gasteiger partial charge in [-0.1, -0.05) is 5.92 Å². The summed E-state index contributed by atoms with van der Waals surface area (Å²) in [5.41, 5.74) is 1.46. The number of carbonyl (C=O) groups is 1. The van der Waals surface area contributed by atoms with Crippen LogP contribution in [0.5, 0.6) is 5.88 Å². The molecule has 2 aliphatic heterocycles. The van der Waals surface area contributed by atoms with E-state index in [2.05, 4.69) is 22.0 Å². The van der Waals surface area contributed by atoms with E-state index in [1.807, 2.05) is 25.5 Å². The number of fused-ring (bicyclic) bond motifs is 3. The van der Waals surface area contributed by atoms with Crippen LogP contribution < -0.4 is 4.74 Å². The summed E-state index contributed by atoms with van der Waals surface area (Å²) >= 11 is 0. The molecule has 2 saturated heterocycles. The molecule has 1 amide bonds. The molecule has 0 aromatic carbocycles. The highest BCUT2D eigenvalue weighted by molar-refractivity contribution is 5.94. The molecule has 154 valence electrons. The minimum absolute atomic E-state index is 0.202. The van der Waals surface area contributed by atoms with Crippen LogP contribution in [0.15, 0.2) is 30.9 Å². The highest BCUT2D eigenvalue weighted by Gasteiger charge is 2.63. The molecule has 6 rings (SSSR count). The van der Waals surface area contributed by atoms with E-state index >= 15 is 0 Å². The van der Waals surface area contributed by atoms with Gasteiger partial charge >= 0.3 is 0 Å². The number of hydrogen-bond donors (Lipinski definition) is 0. The van der Waals surface area contributed by atoms with Gasteiger partial charge < -0.3 is 14.4 Å². The van der Waals surface area contributed by atoms with Gasteiger partial charge in [-0.2, -0.15) is 10.2 Å². The molecular formula is C21H22N6O3. The van der Waals surface area contributed by atoms with E-state index in [-0.39, 0.29) is 5.91 Å². The van der Waals surface area contributed by atoms with Crippen LogP contribution >= 0.6 is 0 Å². The van der Waals surface area contributed by atoms with Crippen molar-refractivity contribution in [3.63, 3.8) is 0 Å². The van der Waals surface area contributed by atoms with Crippen molar-refractivity contribution in [2.75, 3.05) is 20.3 Å². The smallest absolute Gasteiger partial charge is 0.298 e. The van der Waals surface area contributed by atoms with Crippen molar-refractivity contribution in [1.82, 2.24) is 29.3 Å². The molecule has 3 fully saturated rings. The first-order valence-electron chi connectivity index (χ1n) is 9.74. The fourth-order valence-electron chi connectivity index (χ4n) is 4.49. The molecule has 9 heteroatoms. The average molecular weight is 406 g/mol. The van der Waals surface area contributed by atoms with Gasteiger partial charge in [0.25, 0.3) is 5.91 Å². The van der Waals surface area contributed by atoms with Crippen molar-refractivity contribution < 1.29 is 14.3 Å². The molecule has 9 nitrogen and oxygen atoms in total. The summed E-state index contributed by atoms with van der Waals surface area (Å²) in [6.45, 7) is 2.60. The van der Waals surface area contributed by atoms with E-state index in [4.69, 9.17) is 14.5 Å². The van der Waals surface area contributed by atoms with Crippen LogP contribution in [-0.4, -0.2) is 66.6 Å². The van der Waals surface area contributed by atoms with Crippen molar-refractivity contribution in [3.05, 3.63) is 30.9 Å². The number of nitrogens with zero attached hydrogens (tertiary/aromatic N) is 6. The Labute approximate surface area is 173 Å². The van der Waals surface area contributed by atoms with Gasteiger partial charge in [-0.05, 0) is 18.9 Å². The highest BCUT2D eigenvalue weighted by Crippen LogP contribution is 2.51. The second-order valence-corrected chi connectivity index (χ2v) is 8.09. The Morgan fingerprint density at radius 1 is 1.30 bits per heavy atom. The standard InChI is InChI=1S/C21H22N6O3/c1-4-5-18(28)26(3)20-11-21(12-20,14-29-13-20)30-19-17-6-7-22-27(17)10-16(24-19)15-8-23-25(2)9-15/h6-10H,11-14H2,1-3H3. The molecule has 0 radical (unpaired) electrons. The molecule has 0 N–H and O–H groups in total. The predicted octanol–water partition coefficient (Wildman–Crippen LogP) is 1.29. The fourth-order valence-corrected chi connectivity index (χ4v) is 4.49. The van der Waals surface area contributed by atoms with Crippen molar-refractivity contribution in [2.24, 2.45) is 7.05 Å². The number of ether oxygens (including phenoxy) is 2. The molecule has 0 spiro atoms. The quantitative estimate of drug-likeness (QED) is 0.607. The monoisotopic (exact) mass is 406 g/mol. The number of rotatable bonds is 4. The first-order chi connectivity index (χ1) is 14.4. The summed E-state index contributed by atoms with van der Waals surface area (Å²) < 4.78 is 15.8. The van der Waals surface area contributed by atoms with Gasteiger partial charge in [0.05, 0.1) is 43.0 Å². The molecule has 0 unspecified atom stereocenters. The van der Waals surface area contributed by atoms with E-state index < -0.39 is 11.1 Å². The van der Waals surface area contributed by atoms with Crippen LogP contribution in [0.2, 0.25) is 0 Å². The van der Waals surface area contributed by atoms with Crippen LogP contribution in [0.1, 0.15) is 19.8 Å². The van der Waals surface area contributed by atoms with Crippen molar-refractivity contribution in [3.8, 4) is 29.0 Å². The lowest BCUT2D eigenvalue weighted by atomic mass is 9.62. The number of amides is 1. The van der Waals surface area contributed by atoms with Crippen LogP contribution in [0.4, 0.5) is 0 Å². The normalized spacial score (nSPS) is 24.6. The van der Waals surface area contributed by atoms with E-state index in [9.17, 15) is 4.79 Å².